The standard InChI is InChI=1S/C21H17FN2/c1-15-8-9-21(16(2)11-15)24-10-4-7-20(24)13-18(14-23)17-5-3-6-19(22)12-17/h3-13H,1-2H3/b18-13-. The second kappa shape index (κ2) is 6.55. The molecule has 1 heterocycles. The van der Waals surface area contributed by atoms with Crippen molar-refractivity contribution in [2.75, 3.05) is 0 Å². The van der Waals surface area contributed by atoms with E-state index in [4.69, 9.17) is 0 Å². The molecule has 0 amide bonds. The molecule has 0 radical (unpaired) electrons. The van der Waals surface area contributed by atoms with Crippen molar-refractivity contribution in [3.63, 3.8) is 0 Å². The van der Waals surface area contributed by atoms with Gasteiger partial charge in [0.25, 0.3) is 0 Å². The molecule has 2 nitrogen and oxygen atoms in total. The molecule has 0 fully saturated rings. The van der Waals surface area contributed by atoms with Crippen molar-refractivity contribution in [2.45, 2.75) is 13.8 Å². The van der Waals surface area contributed by atoms with Crippen molar-refractivity contribution < 1.29 is 4.39 Å². The van der Waals surface area contributed by atoms with E-state index in [1.807, 2.05) is 22.9 Å². The van der Waals surface area contributed by atoms with E-state index in [9.17, 15) is 9.65 Å². The van der Waals surface area contributed by atoms with Gasteiger partial charge in [-0.1, -0.05) is 29.8 Å². The number of hydrogen-bond donors (Lipinski definition) is 0. The van der Waals surface area contributed by atoms with Gasteiger partial charge in [-0.25, -0.2) is 4.39 Å². The number of benzene rings is 2. The van der Waals surface area contributed by atoms with Gasteiger partial charge in [-0.3, -0.25) is 0 Å². The maximum atomic E-state index is 13.4. The third-order valence-electron chi connectivity index (χ3n) is 3.94. The van der Waals surface area contributed by atoms with Crippen LogP contribution < -0.4 is 0 Å². The second-order valence-electron chi connectivity index (χ2n) is 5.77. The Kier molecular flexibility index (Phi) is 4.31. The molecular weight excluding hydrogens is 299 g/mol. The fraction of sp³-hybridized carbons (Fsp3) is 0.0952. The Morgan fingerprint density at radius 1 is 1.08 bits per heavy atom. The van der Waals surface area contributed by atoms with Gasteiger partial charge in [-0.05, 0) is 61.4 Å². The van der Waals surface area contributed by atoms with Gasteiger partial charge in [-0.15, -0.1) is 0 Å². The van der Waals surface area contributed by atoms with Gasteiger partial charge in [0.05, 0.1) is 11.6 Å². The Bertz CT molecular complexity index is 958. The number of allylic oxidation sites excluding steroid dienone is 1. The molecule has 0 spiro atoms. The molecule has 1 aromatic heterocycles. The predicted molar refractivity (Wildman–Crippen MR) is 95.1 cm³/mol. The number of aryl methyl sites for hydroxylation is 2. The Hall–Kier alpha value is -3.12. The molecule has 0 aliphatic carbocycles. The minimum Gasteiger partial charge on any atom is -0.317 e. The molecule has 0 aliphatic heterocycles. The second-order valence-corrected chi connectivity index (χ2v) is 5.77. The lowest BCUT2D eigenvalue weighted by Crippen LogP contribution is -1.98. The first-order chi connectivity index (χ1) is 11.6. The lowest BCUT2D eigenvalue weighted by atomic mass is 10.1. The molecule has 3 aromatic rings. The van der Waals surface area contributed by atoms with E-state index >= 15 is 0 Å². The number of rotatable bonds is 3. The first-order valence-electron chi connectivity index (χ1n) is 7.71. The van der Waals surface area contributed by atoms with Crippen LogP contribution in [0.3, 0.4) is 0 Å². The van der Waals surface area contributed by atoms with Crippen LogP contribution in [0, 0.1) is 31.0 Å². The van der Waals surface area contributed by atoms with Gasteiger partial charge < -0.3 is 4.57 Å². The summed E-state index contributed by atoms with van der Waals surface area (Å²) in [5, 5.41) is 9.47. The molecule has 2 aromatic carbocycles. The highest BCUT2D eigenvalue weighted by molar-refractivity contribution is 5.89. The van der Waals surface area contributed by atoms with Gasteiger partial charge in [-0.2, -0.15) is 5.26 Å². The first-order valence-corrected chi connectivity index (χ1v) is 7.71. The minimum atomic E-state index is -0.349. The molecule has 3 rings (SSSR count). The van der Waals surface area contributed by atoms with Crippen molar-refractivity contribution >= 4 is 11.6 Å². The average Bonchev–Trinajstić information content (AvgIpc) is 3.00. The molecule has 24 heavy (non-hydrogen) atoms. The summed E-state index contributed by atoms with van der Waals surface area (Å²) >= 11 is 0. The number of halogens is 1. The Morgan fingerprint density at radius 2 is 1.92 bits per heavy atom. The van der Waals surface area contributed by atoms with E-state index < -0.39 is 0 Å². The van der Waals surface area contributed by atoms with E-state index in [2.05, 4.69) is 38.1 Å². The molecule has 0 N–H and O–H groups in total. The largest absolute Gasteiger partial charge is 0.317 e. The molecule has 0 saturated heterocycles. The highest BCUT2D eigenvalue weighted by atomic mass is 19.1. The van der Waals surface area contributed by atoms with Crippen LogP contribution in [-0.4, -0.2) is 4.57 Å². The highest BCUT2D eigenvalue weighted by Crippen LogP contribution is 2.23. The van der Waals surface area contributed by atoms with E-state index in [1.165, 1.54) is 17.7 Å². The number of aromatic nitrogens is 1. The molecule has 3 heteroatoms. The zero-order valence-corrected chi connectivity index (χ0v) is 13.6. The zero-order chi connectivity index (χ0) is 17.1. The van der Waals surface area contributed by atoms with Crippen molar-refractivity contribution in [3.05, 3.63) is 89.0 Å². The van der Waals surface area contributed by atoms with Crippen molar-refractivity contribution in [1.29, 1.82) is 5.26 Å². The molecule has 118 valence electrons. The van der Waals surface area contributed by atoms with Crippen molar-refractivity contribution in [2.24, 2.45) is 0 Å². The zero-order valence-electron chi connectivity index (χ0n) is 13.6. The van der Waals surface area contributed by atoms with Gasteiger partial charge >= 0.3 is 0 Å². The fourth-order valence-electron chi connectivity index (χ4n) is 2.79. The maximum Gasteiger partial charge on any atom is 0.123 e. The van der Waals surface area contributed by atoms with Crippen LogP contribution in [0.15, 0.2) is 60.8 Å². The molecule has 0 atom stereocenters. The van der Waals surface area contributed by atoms with E-state index in [0.29, 0.717) is 11.1 Å². The molecule has 0 saturated carbocycles. The number of nitriles is 1. The topological polar surface area (TPSA) is 28.7 Å². The lowest BCUT2D eigenvalue weighted by molar-refractivity contribution is 0.627. The highest BCUT2D eigenvalue weighted by Gasteiger charge is 2.08. The van der Waals surface area contributed by atoms with Crippen molar-refractivity contribution in [3.8, 4) is 11.8 Å². The summed E-state index contributed by atoms with van der Waals surface area (Å²) in [6.45, 7) is 4.12. The van der Waals surface area contributed by atoms with Crippen LogP contribution in [0.1, 0.15) is 22.4 Å². The fourth-order valence-corrected chi connectivity index (χ4v) is 2.79. The van der Waals surface area contributed by atoms with Gasteiger partial charge in [0.15, 0.2) is 0 Å². The molecular formula is C21H17FN2. The smallest absolute Gasteiger partial charge is 0.123 e. The van der Waals surface area contributed by atoms with Gasteiger partial charge in [0.2, 0.25) is 0 Å². The minimum absolute atomic E-state index is 0.349. The van der Waals surface area contributed by atoms with Crippen molar-refractivity contribution in [1.82, 2.24) is 4.57 Å². The summed E-state index contributed by atoms with van der Waals surface area (Å²) in [5.41, 5.74) is 5.31. The van der Waals surface area contributed by atoms with Crippen LogP contribution in [0.5, 0.6) is 0 Å². The van der Waals surface area contributed by atoms with Gasteiger partial charge in [0, 0.05) is 17.6 Å². The molecule has 0 aliphatic rings. The number of nitrogens with zero attached hydrogens (tertiary/aromatic N) is 2. The summed E-state index contributed by atoms with van der Waals surface area (Å²) in [7, 11) is 0. The SMILES string of the molecule is Cc1ccc(-n2cccc2/C=C(/C#N)c2cccc(F)c2)c(C)c1. The quantitative estimate of drug-likeness (QED) is 0.603. The summed E-state index contributed by atoms with van der Waals surface area (Å²) in [4.78, 5) is 0. The maximum absolute atomic E-state index is 13.4. The summed E-state index contributed by atoms with van der Waals surface area (Å²) in [5.74, 6) is -0.349. The van der Waals surface area contributed by atoms with Crippen LogP contribution >= 0.6 is 0 Å². The Morgan fingerprint density at radius 3 is 2.62 bits per heavy atom. The predicted octanol–water partition coefficient (Wildman–Crippen LogP) is 5.30. The van der Waals surface area contributed by atoms with Crippen LogP contribution in [0.2, 0.25) is 0 Å². The summed E-state index contributed by atoms with van der Waals surface area (Å²) in [6.07, 6.45) is 3.75. The Balaban J connectivity index is 2.08. The molecule has 0 bridgehead atoms. The van der Waals surface area contributed by atoms with Crippen LogP contribution in [0.25, 0.3) is 17.3 Å². The van der Waals surface area contributed by atoms with Crippen LogP contribution in [0.4, 0.5) is 4.39 Å². The molecule has 0 unspecified atom stereocenters. The van der Waals surface area contributed by atoms with E-state index in [0.717, 1.165) is 16.9 Å². The monoisotopic (exact) mass is 316 g/mol. The third kappa shape index (κ3) is 3.13. The van der Waals surface area contributed by atoms with E-state index in [1.54, 1.807) is 18.2 Å². The Labute approximate surface area is 141 Å². The van der Waals surface area contributed by atoms with Crippen LogP contribution in [-0.2, 0) is 0 Å². The summed E-state index contributed by atoms with van der Waals surface area (Å²) < 4.78 is 15.5. The first kappa shape index (κ1) is 15.8. The van der Waals surface area contributed by atoms with Gasteiger partial charge in [0.1, 0.15) is 5.82 Å². The number of hydrogen-bond acceptors (Lipinski definition) is 1. The third-order valence-corrected chi connectivity index (χ3v) is 3.94. The summed E-state index contributed by atoms with van der Waals surface area (Å²) in [6, 6.07) is 18.4. The average molecular weight is 316 g/mol. The normalized spacial score (nSPS) is 11.3. The van der Waals surface area contributed by atoms with E-state index in [-0.39, 0.29) is 5.82 Å². The lowest BCUT2D eigenvalue weighted by Gasteiger charge is -2.11.